The Morgan fingerprint density at radius 1 is 1.14 bits per heavy atom. The van der Waals surface area contributed by atoms with E-state index in [1.54, 1.807) is 30.3 Å². The topological polar surface area (TPSA) is 69.0 Å². The number of halogens is 3. The highest BCUT2D eigenvalue weighted by Gasteiger charge is 2.15. The molecule has 0 atom stereocenters. The predicted octanol–water partition coefficient (Wildman–Crippen LogP) is 5.57. The van der Waals surface area contributed by atoms with Gasteiger partial charge in [-0.25, -0.2) is 0 Å². The maximum absolute atomic E-state index is 12.3. The van der Waals surface area contributed by atoms with E-state index in [0.29, 0.717) is 44.0 Å². The third-order valence-corrected chi connectivity index (χ3v) is 5.67. The summed E-state index contributed by atoms with van der Waals surface area (Å²) in [6, 6.07) is 12.1. The fourth-order valence-corrected chi connectivity index (χ4v) is 3.93. The number of thioether (sulfide) groups is 1. The van der Waals surface area contributed by atoms with E-state index >= 15 is 0 Å². The predicted molar refractivity (Wildman–Crippen MR) is 117 cm³/mol. The summed E-state index contributed by atoms with van der Waals surface area (Å²) >= 11 is 19.3. The summed E-state index contributed by atoms with van der Waals surface area (Å²) in [5, 5.41) is 13.1. The average Bonchev–Trinajstić information content (AvgIpc) is 3.10. The lowest BCUT2D eigenvalue weighted by Crippen LogP contribution is -2.15. The van der Waals surface area contributed by atoms with E-state index in [2.05, 4.69) is 15.5 Å². The molecule has 0 bridgehead atoms. The molecule has 0 fully saturated rings. The van der Waals surface area contributed by atoms with E-state index in [9.17, 15) is 4.79 Å². The second-order valence-electron chi connectivity index (χ2n) is 5.82. The van der Waals surface area contributed by atoms with E-state index in [1.807, 2.05) is 23.6 Å². The van der Waals surface area contributed by atoms with E-state index in [4.69, 9.17) is 39.5 Å². The first-order valence-corrected chi connectivity index (χ1v) is 10.8. The lowest BCUT2D eigenvalue weighted by atomic mass is 10.3. The Morgan fingerprint density at radius 2 is 1.93 bits per heavy atom. The molecule has 0 radical (unpaired) electrons. The van der Waals surface area contributed by atoms with Crippen LogP contribution < -0.4 is 10.1 Å². The number of carbonyl (C=O) groups is 1. The largest absolute Gasteiger partial charge is 0.484 e. The third kappa shape index (κ3) is 5.79. The van der Waals surface area contributed by atoms with Crippen molar-refractivity contribution in [2.75, 3.05) is 11.1 Å². The van der Waals surface area contributed by atoms with E-state index in [-0.39, 0.29) is 18.3 Å². The van der Waals surface area contributed by atoms with Crippen molar-refractivity contribution in [2.45, 2.75) is 25.2 Å². The normalized spacial score (nSPS) is 10.8. The Morgan fingerprint density at radius 3 is 2.66 bits per heavy atom. The van der Waals surface area contributed by atoms with Gasteiger partial charge in [0.25, 0.3) is 0 Å². The van der Waals surface area contributed by atoms with Crippen molar-refractivity contribution in [1.82, 2.24) is 14.8 Å². The number of nitrogens with zero attached hydrogens (tertiary/aromatic N) is 3. The van der Waals surface area contributed by atoms with Crippen molar-refractivity contribution in [2.24, 2.45) is 0 Å². The Bertz CT molecular complexity index is 1010. The van der Waals surface area contributed by atoms with Crippen LogP contribution in [0.2, 0.25) is 15.1 Å². The molecule has 0 unspecified atom stereocenters. The van der Waals surface area contributed by atoms with Gasteiger partial charge in [-0.2, -0.15) is 0 Å². The van der Waals surface area contributed by atoms with Crippen LogP contribution in [0.1, 0.15) is 12.7 Å². The Hall–Kier alpha value is -1.93. The summed E-state index contributed by atoms with van der Waals surface area (Å²) in [5.41, 5.74) is 0.507. The van der Waals surface area contributed by atoms with Crippen LogP contribution in [0.25, 0.3) is 0 Å². The lowest BCUT2D eigenvalue weighted by Gasteiger charge is -2.10. The van der Waals surface area contributed by atoms with E-state index in [1.165, 1.54) is 11.8 Å². The molecule has 10 heteroatoms. The van der Waals surface area contributed by atoms with Crippen molar-refractivity contribution >= 4 is 58.2 Å². The summed E-state index contributed by atoms with van der Waals surface area (Å²) in [6.45, 7) is 2.83. The van der Waals surface area contributed by atoms with Gasteiger partial charge in [0.2, 0.25) is 5.91 Å². The maximum Gasteiger partial charge on any atom is 0.234 e. The minimum atomic E-state index is -0.209. The molecule has 0 saturated carbocycles. The second kappa shape index (κ2) is 10.2. The Balaban J connectivity index is 1.59. The smallest absolute Gasteiger partial charge is 0.234 e. The van der Waals surface area contributed by atoms with Crippen LogP contribution in [0.5, 0.6) is 5.75 Å². The number of amides is 1. The molecule has 6 nitrogen and oxygen atoms in total. The van der Waals surface area contributed by atoms with Crippen LogP contribution in [0.3, 0.4) is 0 Å². The monoisotopic (exact) mass is 470 g/mol. The molecule has 0 saturated heterocycles. The highest BCUT2D eigenvalue weighted by Crippen LogP contribution is 2.27. The quantitative estimate of drug-likeness (QED) is 0.435. The standard InChI is InChI=1S/C19H17Cl3N4O2S/c1-2-26-17(10-28-16-6-4-3-5-13(16)21)24-25-19(26)29-11-18(27)23-15-8-7-12(20)9-14(15)22/h3-9H,2,10-11H2,1H3,(H,23,27). The van der Waals surface area contributed by atoms with Gasteiger partial charge in [-0.1, -0.05) is 58.7 Å². The number of anilines is 1. The van der Waals surface area contributed by atoms with E-state index in [0.717, 1.165) is 0 Å². The first-order chi connectivity index (χ1) is 14.0. The minimum absolute atomic E-state index is 0.155. The van der Waals surface area contributed by atoms with Gasteiger partial charge in [-0.3, -0.25) is 4.79 Å². The molecular formula is C19H17Cl3N4O2S. The molecule has 152 valence electrons. The van der Waals surface area contributed by atoms with Crippen LogP contribution in [0.15, 0.2) is 47.6 Å². The minimum Gasteiger partial charge on any atom is -0.484 e. The molecule has 29 heavy (non-hydrogen) atoms. The number of carbonyl (C=O) groups excluding carboxylic acids is 1. The van der Waals surface area contributed by atoms with Crippen LogP contribution in [-0.2, 0) is 17.9 Å². The zero-order valence-electron chi connectivity index (χ0n) is 15.4. The fraction of sp³-hybridized carbons (Fsp3) is 0.211. The molecule has 1 heterocycles. The van der Waals surface area contributed by atoms with Gasteiger partial charge in [0, 0.05) is 11.6 Å². The zero-order chi connectivity index (χ0) is 20.8. The number of hydrogen-bond donors (Lipinski definition) is 1. The highest BCUT2D eigenvalue weighted by atomic mass is 35.5. The van der Waals surface area contributed by atoms with Gasteiger partial charge in [0.1, 0.15) is 12.4 Å². The number of nitrogens with one attached hydrogen (secondary N) is 1. The van der Waals surface area contributed by atoms with Gasteiger partial charge in [0.05, 0.1) is 21.5 Å². The summed E-state index contributed by atoms with van der Waals surface area (Å²) in [7, 11) is 0. The summed E-state index contributed by atoms with van der Waals surface area (Å²) in [5.74, 6) is 1.17. The lowest BCUT2D eigenvalue weighted by molar-refractivity contribution is -0.113. The van der Waals surface area contributed by atoms with Gasteiger partial charge in [0.15, 0.2) is 11.0 Å². The van der Waals surface area contributed by atoms with Crippen molar-refractivity contribution < 1.29 is 9.53 Å². The maximum atomic E-state index is 12.3. The number of para-hydroxylation sites is 1. The molecule has 0 aliphatic carbocycles. The molecule has 1 N–H and O–H groups in total. The zero-order valence-corrected chi connectivity index (χ0v) is 18.4. The van der Waals surface area contributed by atoms with Gasteiger partial charge in [-0.05, 0) is 37.3 Å². The van der Waals surface area contributed by atoms with E-state index < -0.39 is 0 Å². The van der Waals surface area contributed by atoms with Crippen molar-refractivity contribution in [3.05, 3.63) is 63.4 Å². The SMILES string of the molecule is CCn1c(COc2ccccc2Cl)nnc1SCC(=O)Nc1ccc(Cl)cc1Cl. The number of benzene rings is 2. The molecule has 0 spiro atoms. The highest BCUT2D eigenvalue weighted by molar-refractivity contribution is 7.99. The number of ether oxygens (including phenoxy) is 1. The molecule has 3 rings (SSSR count). The molecule has 2 aromatic carbocycles. The average molecular weight is 472 g/mol. The number of hydrogen-bond acceptors (Lipinski definition) is 5. The van der Waals surface area contributed by atoms with Gasteiger partial charge in [-0.15, -0.1) is 10.2 Å². The Labute approximate surface area is 187 Å². The van der Waals surface area contributed by atoms with Crippen molar-refractivity contribution in [3.63, 3.8) is 0 Å². The first-order valence-electron chi connectivity index (χ1n) is 8.65. The third-order valence-electron chi connectivity index (χ3n) is 3.84. The van der Waals surface area contributed by atoms with Crippen LogP contribution >= 0.6 is 46.6 Å². The number of aromatic nitrogens is 3. The summed E-state index contributed by atoms with van der Waals surface area (Å²) in [6.07, 6.45) is 0. The molecule has 1 amide bonds. The van der Waals surface area contributed by atoms with Gasteiger partial charge < -0.3 is 14.6 Å². The van der Waals surface area contributed by atoms with Crippen molar-refractivity contribution in [1.29, 1.82) is 0 Å². The van der Waals surface area contributed by atoms with Crippen LogP contribution in [0, 0.1) is 0 Å². The summed E-state index contributed by atoms with van der Waals surface area (Å²) in [4.78, 5) is 12.3. The number of rotatable bonds is 8. The van der Waals surface area contributed by atoms with Gasteiger partial charge >= 0.3 is 0 Å². The second-order valence-corrected chi connectivity index (χ2v) is 8.02. The molecule has 0 aliphatic heterocycles. The molecule has 1 aromatic heterocycles. The first kappa shape index (κ1) is 21.8. The fourth-order valence-electron chi connectivity index (χ4n) is 2.46. The van der Waals surface area contributed by atoms with Crippen molar-refractivity contribution in [3.8, 4) is 5.75 Å². The Kier molecular flexibility index (Phi) is 7.66. The van der Waals surface area contributed by atoms with Crippen LogP contribution in [0.4, 0.5) is 5.69 Å². The summed E-state index contributed by atoms with van der Waals surface area (Å²) < 4.78 is 7.63. The molecular weight excluding hydrogens is 455 g/mol. The molecule has 0 aliphatic rings. The molecule has 3 aromatic rings. The van der Waals surface area contributed by atoms with Crippen LogP contribution in [-0.4, -0.2) is 26.4 Å².